The van der Waals surface area contributed by atoms with Gasteiger partial charge in [0.25, 0.3) is 5.69 Å². The molecule has 0 aliphatic carbocycles. The third kappa shape index (κ3) is 3.77. The molecule has 6 nitrogen and oxygen atoms in total. The lowest BCUT2D eigenvalue weighted by Gasteiger charge is -2.34. The number of anilines is 1. The van der Waals surface area contributed by atoms with Gasteiger partial charge in [0.15, 0.2) is 0 Å². The molecule has 1 saturated heterocycles. The minimum Gasteiger partial charge on any atom is -0.370 e. The molecule has 0 saturated carbocycles. The number of alkyl halides is 3. The number of rotatable bonds is 3. The van der Waals surface area contributed by atoms with E-state index in [9.17, 15) is 23.3 Å². The van der Waals surface area contributed by atoms with Gasteiger partial charge in [-0.1, -0.05) is 12.1 Å². The van der Waals surface area contributed by atoms with E-state index in [0.717, 1.165) is 12.1 Å². The Kier molecular flexibility index (Phi) is 4.82. The number of aryl methyl sites for hydroxylation is 1. The van der Waals surface area contributed by atoms with Crippen molar-refractivity contribution in [1.82, 2.24) is 4.98 Å². The highest BCUT2D eigenvalue weighted by atomic mass is 19.4. The fraction of sp³-hybridized carbons (Fsp3) is 0.353. The highest BCUT2D eigenvalue weighted by Gasteiger charge is 2.31. The molecule has 3 rings (SSSR count). The van der Waals surface area contributed by atoms with Crippen LogP contribution in [-0.4, -0.2) is 29.6 Å². The molecular weight excluding hydrogens is 351 g/mol. The predicted octanol–water partition coefficient (Wildman–Crippen LogP) is 3.89. The Morgan fingerprint density at radius 2 is 2.00 bits per heavy atom. The lowest BCUT2D eigenvalue weighted by molar-refractivity contribution is -0.385. The number of benzene rings is 1. The van der Waals surface area contributed by atoms with Gasteiger partial charge < -0.3 is 9.64 Å². The van der Waals surface area contributed by atoms with Crippen LogP contribution in [0.1, 0.15) is 22.8 Å². The molecule has 1 aliphatic rings. The fourth-order valence-electron chi connectivity index (χ4n) is 2.84. The number of hydrogen-bond acceptors (Lipinski definition) is 5. The molecule has 0 bridgehead atoms. The van der Waals surface area contributed by atoms with Gasteiger partial charge in [-0.2, -0.15) is 13.2 Å². The van der Waals surface area contributed by atoms with E-state index in [1.807, 2.05) is 4.90 Å². The molecule has 1 fully saturated rings. The van der Waals surface area contributed by atoms with E-state index in [0.29, 0.717) is 36.6 Å². The van der Waals surface area contributed by atoms with Crippen LogP contribution in [-0.2, 0) is 10.9 Å². The summed E-state index contributed by atoms with van der Waals surface area (Å²) in [5.41, 5.74) is 0.377. The summed E-state index contributed by atoms with van der Waals surface area (Å²) in [5.74, 6) is 0.577. The Balaban J connectivity index is 1.77. The van der Waals surface area contributed by atoms with Gasteiger partial charge >= 0.3 is 6.18 Å². The van der Waals surface area contributed by atoms with E-state index < -0.39 is 22.8 Å². The molecule has 1 aromatic carbocycles. The van der Waals surface area contributed by atoms with Gasteiger partial charge in [-0.15, -0.1) is 0 Å². The summed E-state index contributed by atoms with van der Waals surface area (Å²) in [6.45, 7) is 2.96. The van der Waals surface area contributed by atoms with Gasteiger partial charge in [-0.05, 0) is 30.7 Å². The number of morpholine rings is 1. The van der Waals surface area contributed by atoms with Crippen LogP contribution in [0.25, 0.3) is 0 Å². The standard InChI is InChI=1S/C17H16F3N3O3/c1-11-8-16(21-9-14(11)23(24)25)22-6-7-26-15(10-22)12-2-4-13(5-3-12)17(18,19)20/h2-5,8-9,15H,6-7,10H2,1H3. The molecule has 0 amide bonds. The number of halogens is 3. The average Bonchev–Trinajstić information content (AvgIpc) is 2.61. The predicted molar refractivity (Wildman–Crippen MR) is 88.0 cm³/mol. The number of hydrogen-bond donors (Lipinski definition) is 0. The minimum absolute atomic E-state index is 0.0544. The first-order valence-corrected chi connectivity index (χ1v) is 7.90. The zero-order valence-electron chi connectivity index (χ0n) is 13.9. The maximum atomic E-state index is 12.7. The lowest BCUT2D eigenvalue weighted by atomic mass is 10.0. The van der Waals surface area contributed by atoms with Crippen molar-refractivity contribution in [2.45, 2.75) is 19.2 Å². The van der Waals surface area contributed by atoms with Crippen LogP contribution in [0, 0.1) is 17.0 Å². The Hall–Kier alpha value is -2.68. The van der Waals surface area contributed by atoms with Gasteiger partial charge in [-0.25, -0.2) is 4.98 Å². The number of pyridine rings is 1. The third-order valence-electron chi connectivity index (χ3n) is 4.27. The molecule has 1 aromatic heterocycles. The van der Waals surface area contributed by atoms with Gasteiger partial charge in [-0.3, -0.25) is 10.1 Å². The summed E-state index contributed by atoms with van der Waals surface area (Å²) in [6.07, 6.45) is -3.56. The SMILES string of the molecule is Cc1cc(N2CCOC(c3ccc(C(F)(F)F)cc3)C2)ncc1[N+](=O)[O-]. The smallest absolute Gasteiger partial charge is 0.370 e. The molecular formula is C17H16F3N3O3. The van der Waals surface area contributed by atoms with Crippen LogP contribution in [0.4, 0.5) is 24.7 Å². The van der Waals surface area contributed by atoms with Crippen LogP contribution in [0.5, 0.6) is 0 Å². The first-order chi connectivity index (χ1) is 12.3. The highest BCUT2D eigenvalue weighted by Crippen LogP contribution is 2.32. The van der Waals surface area contributed by atoms with Gasteiger partial charge in [0, 0.05) is 18.7 Å². The van der Waals surface area contributed by atoms with E-state index in [1.54, 1.807) is 13.0 Å². The highest BCUT2D eigenvalue weighted by molar-refractivity contribution is 5.49. The summed E-state index contributed by atoms with van der Waals surface area (Å²) < 4.78 is 43.7. The molecule has 0 N–H and O–H groups in total. The van der Waals surface area contributed by atoms with Crippen molar-refractivity contribution in [1.29, 1.82) is 0 Å². The van der Waals surface area contributed by atoms with E-state index in [1.165, 1.54) is 18.3 Å². The van der Waals surface area contributed by atoms with Gasteiger partial charge in [0.1, 0.15) is 18.1 Å². The molecule has 0 radical (unpaired) electrons. The summed E-state index contributed by atoms with van der Waals surface area (Å²) in [6, 6.07) is 6.52. The molecule has 138 valence electrons. The van der Waals surface area contributed by atoms with E-state index in [2.05, 4.69) is 4.98 Å². The van der Waals surface area contributed by atoms with Crippen LogP contribution < -0.4 is 4.90 Å². The van der Waals surface area contributed by atoms with Crippen molar-refractivity contribution in [2.24, 2.45) is 0 Å². The number of aromatic nitrogens is 1. The van der Waals surface area contributed by atoms with Crippen molar-refractivity contribution in [3.8, 4) is 0 Å². The van der Waals surface area contributed by atoms with Crippen LogP contribution >= 0.6 is 0 Å². The fourth-order valence-corrected chi connectivity index (χ4v) is 2.84. The molecule has 1 aliphatic heterocycles. The Bertz CT molecular complexity index is 809. The van der Waals surface area contributed by atoms with Crippen molar-refractivity contribution >= 4 is 11.5 Å². The first-order valence-electron chi connectivity index (χ1n) is 7.90. The second-order valence-corrected chi connectivity index (χ2v) is 6.01. The second kappa shape index (κ2) is 6.91. The molecule has 2 heterocycles. The maximum Gasteiger partial charge on any atom is 0.416 e. The Morgan fingerprint density at radius 3 is 2.58 bits per heavy atom. The summed E-state index contributed by atoms with van der Waals surface area (Å²) >= 11 is 0. The lowest BCUT2D eigenvalue weighted by Crippen LogP contribution is -2.38. The summed E-state index contributed by atoms with van der Waals surface area (Å²) in [4.78, 5) is 16.5. The van der Waals surface area contributed by atoms with Crippen molar-refractivity contribution in [3.63, 3.8) is 0 Å². The maximum absolute atomic E-state index is 12.7. The average molecular weight is 367 g/mol. The van der Waals surface area contributed by atoms with Crippen molar-refractivity contribution in [3.05, 3.63) is 63.3 Å². The van der Waals surface area contributed by atoms with Crippen LogP contribution in [0.15, 0.2) is 36.5 Å². The zero-order chi connectivity index (χ0) is 18.9. The number of ether oxygens (including phenoxy) is 1. The monoisotopic (exact) mass is 367 g/mol. The molecule has 9 heteroatoms. The van der Waals surface area contributed by atoms with Crippen LogP contribution in [0.2, 0.25) is 0 Å². The topological polar surface area (TPSA) is 68.5 Å². The third-order valence-corrected chi connectivity index (χ3v) is 4.27. The summed E-state index contributed by atoms with van der Waals surface area (Å²) in [5, 5.41) is 10.9. The van der Waals surface area contributed by atoms with Crippen molar-refractivity contribution < 1.29 is 22.8 Å². The van der Waals surface area contributed by atoms with E-state index in [4.69, 9.17) is 4.74 Å². The number of nitro groups is 1. The normalized spacial score (nSPS) is 18.0. The molecule has 26 heavy (non-hydrogen) atoms. The van der Waals surface area contributed by atoms with Gasteiger partial charge in [0.05, 0.1) is 17.1 Å². The largest absolute Gasteiger partial charge is 0.416 e. The Labute approximate surface area is 147 Å². The zero-order valence-corrected chi connectivity index (χ0v) is 13.9. The quantitative estimate of drug-likeness (QED) is 0.608. The minimum atomic E-state index is -4.38. The summed E-state index contributed by atoms with van der Waals surface area (Å²) in [7, 11) is 0. The number of nitrogens with zero attached hydrogens (tertiary/aromatic N) is 3. The second-order valence-electron chi connectivity index (χ2n) is 6.01. The first kappa shape index (κ1) is 18.1. The van der Waals surface area contributed by atoms with Crippen LogP contribution in [0.3, 0.4) is 0 Å². The van der Waals surface area contributed by atoms with Crippen molar-refractivity contribution in [2.75, 3.05) is 24.6 Å². The Morgan fingerprint density at radius 1 is 1.31 bits per heavy atom. The molecule has 1 atom stereocenters. The van der Waals surface area contributed by atoms with Gasteiger partial charge in [0.2, 0.25) is 0 Å². The van der Waals surface area contributed by atoms with E-state index >= 15 is 0 Å². The molecule has 2 aromatic rings. The molecule has 1 unspecified atom stereocenters. The molecule has 0 spiro atoms. The van der Waals surface area contributed by atoms with E-state index in [-0.39, 0.29) is 5.69 Å².